The van der Waals surface area contributed by atoms with Gasteiger partial charge in [0.2, 0.25) is 0 Å². The molecule has 6 nitrogen and oxygen atoms in total. The van der Waals surface area contributed by atoms with Gasteiger partial charge in [-0.15, -0.1) is 0 Å². The maximum atomic E-state index is 11.7. The zero-order chi connectivity index (χ0) is 14.6. The summed E-state index contributed by atoms with van der Waals surface area (Å²) in [5.41, 5.74) is 0.929. The lowest BCUT2D eigenvalue weighted by atomic mass is 10.0. The smallest absolute Gasteiger partial charge is 0.410 e. The van der Waals surface area contributed by atoms with Crippen molar-refractivity contribution in [1.29, 1.82) is 0 Å². The van der Waals surface area contributed by atoms with Crippen molar-refractivity contribution < 1.29 is 22.1 Å². The monoisotopic (exact) mass is 299 g/mol. The number of hydrogen-bond donors (Lipinski definition) is 0. The Balaban J connectivity index is 1.67. The van der Waals surface area contributed by atoms with Crippen molar-refractivity contribution in [3.05, 3.63) is 35.9 Å². The highest BCUT2D eigenvalue weighted by molar-refractivity contribution is 7.85. The third kappa shape index (κ3) is 4.50. The van der Waals surface area contributed by atoms with E-state index in [1.807, 2.05) is 30.3 Å². The normalized spacial score (nSPS) is 15.8. The van der Waals surface area contributed by atoms with Gasteiger partial charge in [0, 0.05) is 19.0 Å². The molecule has 1 heterocycles. The van der Waals surface area contributed by atoms with E-state index >= 15 is 0 Å². The van der Waals surface area contributed by atoms with Crippen LogP contribution in [0.1, 0.15) is 5.56 Å². The Morgan fingerprint density at radius 2 is 1.95 bits per heavy atom. The average Bonchev–Trinajstić information content (AvgIpc) is 2.34. The summed E-state index contributed by atoms with van der Waals surface area (Å²) in [7, 11) is -3.41. The zero-order valence-electron chi connectivity index (χ0n) is 11.2. The molecular weight excluding hydrogens is 282 g/mol. The summed E-state index contributed by atoms with van der Waals surface area (Å²) < 4.78 is 31.5. The number of likely N-dealkylation sites (tertiary alicyclic amines) is 1. The Morgan fingerprint density at radius 3 is 2.55 bits per heavy atom. The summed E-state index contributed by atoms with van der Waals surface area (Å²) in [4.78, 5) is 13.2. The molecule has 0 atom stereocenters. The van der Waals surface area contributed by atoms with Gasteiger partial charge in [0.1, 0.15) is 6.61 Å². The Kier molecular flexibility index (Phi) is 4.61. The number of amides is 1. The molecule has 0 unspecified atom stereocenters. The molecule has 0 aromatic heterocycles. The van der Waals surface area contributed by atoms with Crippen molar-refractivity contribution in [2.24, 2.45) is 5.92 Å². The Hall–Kier alpha value is -1.60. The van der Waals surface area contributed by atoms with E-state index < -0.39 is 10.1 Å². The van der Waals surface area contributed by atoms with E-state index in [4.69, 9.17) is 4.74 Å². The van der Waals surface area contributed by atoms with Crippen molar-refractivity contribution in [1.82, 2.24) is 4.90 Å². The fourth-order valence-electron chi connectivity index (χ4n) is 1.85. The van der Waals surface area contributed by atoms with Crippen LogP contribution in [0.3, 0.4) is 0 Å². The van der Waals surface area contributed by atoms with Gasteiger partial charge in [-0.1, -0.05) is 30.3 Å². The quantitative estimate of drug-likeness (QED) is 0.765. The van der Waals surface area contributed by atoms with Gasteiger partial charge in [0.25, 0.3) is 10.1 Å². The highest BCUT2D eigenvalue weighted by Gasteiger charge is 2.32. The Labute approximate surface area is 118 Å². The van der Waals surface area contributed by atoms with Crippen LogP contribution in [0.4, 0.5) is 4.79 Å². The van der Waals surface area contributed by atoms with Crippen LogP contribution in [0, 0.1) is 5.92 Å². The van der Waals surface area contributed by atoms with Crippen LogP contribution in [0.25, 0.3) is 0 Å². The Morgan fingerprint density at radius 1 is 1.30 bits per heavy atom. The molecule has 110 valence electrons. The van der Waals surface area contributed by atoms with Crippen molar-refractivity contribution in [3.8, 4) is 0 Å². The van der Waals surface area contributed by atoms with Crippen molar-refractivity contribution in [3.63, 3.8) is 0 Å². The molecule has 1 amide bonds. The van der Waals surface area contributed by atoms with E-state index in [9.17, 15) is 13.2 Å². The summed E-state index contributed by atoms with van der Waals surface area (Å²) in [5, 5.41) is 0. The van der Waals surface area contributed by atoms with Crippen LogP contribution >= 0.6 is 0 Å². The average molecular weight is 299 g/mol. The second kappa shape index (κ2) is 6.23. The molecule has 0 saturated carbocycles. The van der Waals surface area contributed by atoms with Crippen LogP contribution in [0.5, 0.6) is 0 Å². The molecule has 1 saturated heterocycles. The van der Waals surface area contributed by atoms with Crippen LogP contribution in [-0.2, 0) is 25.6 Å². The minimum Gasteiger partial charge on any atom is -0.445 e. The van der Waals surface area contributed by atoms with Gasteiger partial charge in [-0.05, 0) is 5.56 Å². The zero-order valence-corrected chi connectivity index (χ0v) is 12.0. The van der Waals surface area contributed by atoms with Crippen LogP contribution < -0.4 is 0 Å². The third-order valence-electron chi connectivity index (χ3n) is 2.94. The van der Waals surface area contributed by atoms with Crippen molar-refractivity contribution >= 4 is 16.2 Å². The van der Waals surface area contributed by atoms with E-state index in [1.54, 1.807) is 0 Å². The van der Waals surface area contributed by atoms with Crippen LogP contribution in [0.2, 0.25) is 0 Å². The predicted octanol–water partition coefficient (Wildman–Crippen LogP) is 1.23. The topological polar surface area (TPSA) is 72.9 Å². The predicted molar refractivity (Wildman–Crippen MR) is 72.5 cm³/mol. The summed E-state index contributed by atoms with van der Waals surface area (Å²) >= 11 is 0. The Bertz CT molecular complexity index is 551. The molecule has 7 heteroatoms. The second-order valence-corrected chi connectivity index (χ2v) is 6.44. The van der Waals surface area contributed by atoms with Gasteiger partial charge in [0.05, 0.1) is 12.9 Å². The lowest BCUT2D eigenvalue weighted by Crippen LogP contribution is -2.51. The molecule has 2 rings (SSSR count). The van der Waals surface area contributed by atoms with Gasteiger partial charge in [-0.25, -0.2) is 4.79 Å². The van der Waals surface area contributed by atoms with E-state index in [2.05, 4.69) is 4.18 Å². The standard InChI is InChI=1S/C13H17NO5S/c1-20(16,17)19-10-12-7-14(8-12)13(15)18-9-11-5-3-2-4-6-11/h2-6,12H,7-10H2,1H3. The molecule has 20 heavy (non-hydrogen) atoms. The highest BCUT2D eigenvalue weighted by Crippen LogP contribution is 2.18. The minimum atomic E-state index is -3.41. The molecule has 0 spiro atoms. The molecule has 1 aromatic rings. The van der Waals surface area contributed by atoms with Gasteiger partial charge >= 0.3 is 6.09 Å². The van der Waals surface area contributed by atoms with E-state index in [1.165, 1.54) is 4.90 Å². The fraction of sp³-hybridized carbons (Fsp3) is 0.462. The van der Waals surface area contributed by atoms with E-state index in [0.717, 1.165) is 11.8 Å². The number of ether oxygens (including phenoxy) is 1. The summed E-state index contributed by atoms with van der Waals surface area (Å²) in [5.74, 6) is 0.0500. The number of carbonyl (C=O) groups excluding carboxylic acids is 1. The first kappa shape index (κ1) is 14.8. The van der Waals surface area contributed by atoms with E-state index in [-0.39, 0.29) is 25.2 Å². The number of nitrogens with zero attached hydrogens (tertiary/aromatic N) is 1. The molecule has 1 fully saturated rings. The largest absolute Gasteiger partial charge is 0.445 e. The third-order valence-corrected chi connectivity index (χ3v) is 3.50. The van der Waals surface area contributed by atoms with Gasteiger partial charge < -0.3 is 9.64 Å². The van der Waals surface area contributed by atoms with Crippen LogP contribution in [-0.4, -0.2) is 45.4 Å². The number of benzene rings is 1. The molecular formula is C13H17NO5S. The number of hydrogen-bond acceptors (Lipinski definition) is 5. The molecule has 0 radical (unpaired) electrons. The van der Waals surface area contributed by atoms with E-state index in [0.29, 0.717) is 13.1 Å². The van der Waals surface area contributed by atoms with Crippen molar-refractivity contribution in [2.45, 2.75) is 6.61 Å². The maximum absolute atomic E-state index is 11.7. The maximum Gasteiger partial charge on any atom is 0.410 e. The minimum absolute atomic E-state index is 0.0500. The SMILES string of the molecule is CS(=O)(=O)OCC1CN(C(=O)OCc2ccccc2)C1. The molecule has 1 aliphatic rings. The number of rotatable bonds is 5. The first-order valence-corrected chi connectivity index (χ1v) is 8.06. The molecule has 0 bridgehead atoms. The van der Waals surface area contributed by atoms with Gasteiger partial charge in [-0.3, -0.25) is 4.18 Å². The summed E-state index contributed by atoms with van der Waals surface area (Å²) in [6, 6.07) is 9.42. The van der Waals surface area contributed by atoms with Gasteiger partial charge in [0.15, 0.2) is 0 Å². The lowest BCUT2D eigenvalue weighted by Gasteiger charge is -2.37. The molecule has 0 N–H and O–H groups in total. The molecule has 1 aromatic carbocycles. The second-order valence-electron chi connectivity index (χ2n) is 4.80. The van der Waals surface area contributed by atoms with Crippen LogP contribution in [0.15, 0.2) is 30.3 Å². The summed E-state index contributed by atoms with van der Waals surface area (Å²) in [6.07, 6.45) is 0.627. The fourth-order valence-corrected chi connectivity index (χ4v) is 2.29. The molecule has 0 aliphatic carbocycles. The van der Waals surface area contributed by atoms with Gasteiger partial charge in [-0.2, -0.15) is 8.42 Å². The highest BCUT2D eigenvalue weighted by atomic mass is 32.2. The summed E-state index contributed by atoms with van der Waals surface area (Å²) in [6.45, 7) is 1.27. The first-order chi connectivity index (χ1) is 9.44. The molecule has 1 aliphatic heterocycles. The lowest BCUT2D eigenvalue weighted by molar-refractivity contribution is 0.0354. The van der Waals surface area contributed by atoms with Crippen molar-refractivity contribution in [2.75, 3.05) is 26.0 Å². The first-order valence-electron chi connectivity index (χ1n) is 6.24. The number of carbonyl (C=O) groups is 1.